The van der Waals surface area contributed by atoms with E-state index < -0.39 is 0 Å². The van der Waals surface area contributed by atoms with Gasteiger partial charge < -0.3 is 20.1 Å². The standard InChI is InChI=1S/C12H17N3O3/c1-17-10-7-13-6-9(10)15-12(16)8-3-4-14-11(5-8)18-2/h3-5,9-10,13H,6-7H2,1-2H3,(H,15,16)/t9-,10-/m0/s1. The fraction of sp³-hybridized carbons (Fsp3) is 0.500. The molecule has 1 aromatic rings. The molecule has 0 radical (unpaired) electrons. The number of nitrogens with zero attached hydrogens (tertiary/aromatic N) is 1. The molecule has 0 bridgehead atoms. The fourth-order valence-electron chi connectivity index (χ4n) is 1.96. The summed E-state index contributed by atoms with van der Waals surface area (Å²) in [6, 6.07) is 3.25. The predicted octanol–water partition coefficient (Wildman–Crippen LogP) is -0.193. The highest BCUT2D eigenvalue weighted by Gasteiger charge is 2.28. The van der Waals surface area contributed by atoms with Gasteiger partial charge in [-0.15, -0.1) is 0 Å². The van der Waals surface area contributed by atoms with Crippen LogP contribution in [0, 0.1) is 0 Å². The van der Waals surface area contributed by atoms with Crippen molar-refractivity contribution in [2.24, 2.45) is 0 Å². The Morgan fingerprint density at radius 1 is 1.50 bits per heavy atom. The van der Waals surface area contributed by atoms with Gasteiger partial charge in [-0.25, -0.2) is 4.98 Å². The van der Waals surface area contributed by atoms with Crippen LogP contribution in [-0.4, -0.2) is 50.3 Å². The van der Waals surface area contributed by atoms with Gasteiger partial charge in [0.2, 0.25) is 5.88 Å². The van der Waals surface area contributed by atoms with E-state index in [0.29, 0.717) is 18.0 Å². The molecule has 1 aliphatic heterocycles. The Hall–Kier alpha value is -1.66. The summed E-state index contributed by atoms with van der Waals surface area (Å²) < 4.78 is 10.3. The third-order valence-electron chi connectivity index (χ3n) is 2.98. The molecule has 0 aromatic carbocycles. The zero-order valence-corrected chi connectivity index (χ0v) is 10.5. The van der Waals surface area contributed by atoms with Crippen LogP contribution in [-0.2, 0) is 4.74 Å². The summed E-state index contributed by atoms with van der Waals surface area (Å²) in [5.74, 6) is 0.280. The maximum absolute atomic E-state index is 12.1. The van der Waals surface area contributed by atoms with Gasteiger partial charge in [0.25, 0.3) is 5.91 Å². The van der Waals surface area contributed by atoms with Gasteiger partial charge >= 0.3 is 0 Å². The highest BCUT2D eigenvalue weighted by molar-refractivity contribution is 5.94. The maximum atomic E-state index is 12.1. The number of hydrogen-bond acceptors (Lipinski definition) is 5. The second kappa shape index (κ2) is 5.79. The Labute approximate surface area is 106 Å². The van der Waals surface area contributed by atoms with Gasteiger partial charge in [0, 0.05) is 38.0 Å². The van der Waals surface area contributed by atoms with E-state index in [1.54, 1.807) is 25.4 Å². The lowest BCUT2D eigenvalue weighted by Crippen LogP contribution is -2.43. The van der Waals surface area contributed by atoms with Gasteiger partial charge in [-0.05, 0) is 6.07 Å². The number of amides is 1. The quantitative estimate of drug-likeness (QED) is 0.776. The molecule has 1 fully saturated rings. The Bertz CT molecular complexity index is 425. The number of rotatable bonds is 4. The van der Waals surface area contributed by atoms with E-state index in [-0.39, 0.29) is 18.1 Å². The van der Waals surface area contributed by atoms with E-state index in [2.05, 4.69) is 15.6 Å². The number of hydrogen-bond donors (Lipinski definition) is 2. The largest absolute Gasteiger partial charge is 0.481 e. The second-order valence-corrected chi connectivity index (χ2v) is 4.10. The van der Waals surface area contributed by atoms with Crippen molar-refractivity contribution in [3.8, 4) is 5.88 Å². The molecular weight excluding hydrogens is 234 g/mol. The molecule has 0 spiro atoms. The third-order valence-corrected chi connectivity index (χ3v) is 2.98. The summed E-state index contributed by atoms with van der Waals surface area (Å²) in [5, 5.41) is 6.11. The first kappa shape index (κ1) is 12.8. The smallest absolute Gasteiger partial charge is 0.251 e. The van der Waals surface area contributed by atoms with Crippen molar-refractivity contribution in [2.75, 3.05) is 27.3 Å². The lowest BCUT2D eigenvalue weighted by Gasteiger charge is -2.18. The van der Waals surface area contributed by atoms with Crippen molar-refractivity contribution in [1.29, 1.82) is 0 Å². The molecule has 1 amide bonds. The van der Waals surface area contributed by atoms with Gasteiger partial charge in [0.05, 0.1) is 19.3 Å². The average molecular weight is 251 g/mol. The van der Waals surface area contributed by atoms with Gasteiger partial charge in [0.15, 0.2) is 0 Å². The first-order valence-corrected chi connectivity index (χ1v) is 5.79. The van der Waals surface area contributed by atoms with E-state index in [4.69, 9.17) is 9.47 Å². The van der Waals surface area contributed by atoms with Crippen LogP contribution in [0.4, 0.5) is 0 Å². The molecule has 0 aliphatic carbocycles. The number of ether oxygens (including phenoxy) is 2. The lowest BCUT2D eigenvalue weighted by atomic mass is 10.2. The zero-order chi connectivity index (χ0) is 13.0. The lowest BCUT2D eigenvalue weighted by molar-refractivity contribution is 0.0779. The molecule has 6 nitrogen and oxygen atoms in total. The number of pyridine rings is 1. The minimum Gasteiger partial charge on any atom is -0.481 e. The first-order valence-electron chi connectivity index (χ1n) is 5.79. The maximum Gasteiger partial charge on any atom is 0.251 e. The molecule has 98 valence electrons. The van der Waals surface area contributed by atoms with Crippen LogP contribution in [0.5, 0.6) is 5.88 Å². The summed E-state index contributed by atoms with van der Waals surface area (Å²) in [5.41, 5.74) is 0.531. The minimum absolute atomic E-state index is 0.0117. The SMILES string of the molecule is COc1cc(C(=O)N[C@H]2CNC[C@@H]2OC)ccn1. The van der Waals surface area contributed by atoms with Gasteiger partial charge in [0.1, 0.15) is 0 Å². The third kappa shape index (κ3) is 2.77. The van der Waals surface area contributed by atoms with Gasteiger partial charge in [-0.1, -0.05) is 0 Å². The molecule has 2 rings (SSSR count). The molecule has 1 saturated heterocycles. The van der Waals surface area contributed by atoms with Gasteiger partial charge in [-0.3, -0.25) is 4.79 Å². The van der Waals surface area contributed by atoms with Crippen molar-refractivity contribution in [1.82, 2.24) is 15.6 Å². The summed E-state index contributed by atoms with van der Waals surface area (Å²) >= 11 is 0. The molecule has 0 saturated carbocycles. The molecule has 0 unspecified atom stereocenters. The van der Waals surface area contributed by atoms with Crippen LogP contribution in [0.25, 0.3) is 0 Å². The normalized spacial score (nSPS) is 22.8. The van der Waals surface area contributed by atoms with Crippen molar-refractivity contribution in [3.63, 3.8) is 0 Å². The molecule has 2 heterocycles. The van der Waals surface area contributed by atoms with Crippen molar-refractivity contribution < 1.29 is 14.3 Å². The van der Waals surface area contributed by atoms with Crippen molar-refractivity contribution in [3.05, 3.63) is 23.9 Å². The zero-order valence-electron chi connectivity index (χ0n) is 10.5. The van der Waals surface area contributed by atoms with Crippen molar-refractivity contribution >= 4 is 5.91 Å². The van der Waals surface area contributed by atoms with E-state index in [0.717, 1.165) is 6.54 Å². The number of carbonyl (C=O) groups excluding carboxylic acids is 1. The number of aromatic nitrogens is 1. The molecule has 6 heteroatoms. The summed E-state index contributed by atoms with van der Waals surface area (Å²) in [6.07, 6.45) is 1.56. The van der Waals surface area contributed by atoms with Crippen LogP contribution < -0.4 is 15.4 Å². The Kier molecular flexibility index (Phi) is 4.11. The number of carbonyl (C=O) groups is 1. The van der Waals surface area contributed by atoms with E-state index in [1.807, 2.05) is 0 Å². The predicted molar refractivity (Wildman–Crippen MR) is 65.7 cm³/mol. The Balaban J connectivity index is 2.02. The molecule has 2 N–H and O–H groups in total. The van der Waals surface area contributed by atoms with E-state index in [1.165, 1.54) is 7.11 Å². The minimum atomic E-state index is -0.147. The Morgan fingerprint density at radius 2 is 2.33 bits per heavy atom. The van der Waals surface area contributed by atoms with E-state index >= 15 is 0 Å². The topological polar surface area (TPSA) is 72.5 Å². The molecular formula is C12H17N3O3. The van der Waals surface area contributed by atoms with E-state index in [9.17, 15) is 4.79 Å². The number of nitrogens with one attached hydrogen (secondary N) is 2. The first-order chi connectivity index (χ1) is 8.74. The highest BCUT2D eigenvalue weighted by Crippen LogP contribution is 2.10. The summed E-state index contributed by atoms with van der Waals surface area (Å²) in [6.45, 7) is 1.47. The summed E-state index contributed by atoms with van der Waals surface area (Å²) in [4.78, 5) is 16.0. The van der Waals surface area contributed by atoms with Crippen LogP contribution in [0.2, 0.25) is 0 Å². The molecule has 2 atom stereocenters. The Morgan fingerprint density at radius 3 is 3.06 bits per heavy atom. The second-order valence-electron chi connectivity index (χ2n) is 4.10. The van der Waals surface area contributed by atoms with Crippen LogP contribution in [0.1, 0.15) is 10.4 Å². The van der Waals surface area contributed by atoms with Gasteiger partial charge in [-0.2, -0.15) is 0 Å². The van der Waals surface area contributed by atoms with Crippen molar-refractivity contribution in [2.45, 2.75) is 12.1 Å². The van der Waals surface area contributed by atoms with Crippen LogP contribution in [0.3, 0.4) is 0 Å². The monoisotopic (exact) mass is 251 g/mol. The van der Waals surface area contributed by atoms with Crippen LogP contribution >= 0.6 is 0 Å². The fourth-order valence-corrected chi connectivity index (χ4v) is 1.96. The number of methoxy groups -OCH3 is 2. The van der Waals surface area contributed by atoms with Crippen LogP contribution in [0.15, 0.2) is 18.3 Å². The molecule has 18 heavy (non-hydrogen) atoms. The molecule has 1 aliphatic rings. The molecule has 1 aromatic heterocycles. The highest BCUT2D eigenvalue weighted by atomic mass is 16.5. The summed E-state index contributed by atoms with van der Waals surface area (Å²) in [7, 11) is 3.16. The average Bonchev–Trinajstić information content (AvgIpc) is 2.86.